The molecule has 1 unspecified atom stereocenters. The summed E-state index contributed by atoms with van der Waals surface area (Å²) in [4.78, 5) is 14.6. The molecule has 13 heavy (non-hydrogen) atoms. The fourth-order valence-electron chi connectivity index (χ4n) is 0.934. The van der Waals surface area contributed by atoms with E-state index >= 15 is 0 Å². The number of carbonyl (C=O) groups excluding carboxylic acids is 1. The van der Waals surface area contributed by atoms with Crippen LogP contribution in [0.5, 0.6) is 0 Å². The fraction of sp³-hybridized carbons (Fsp3) is 0.300. The van der Waals surface area contributed by atoms with Crippen LogP contribution in [0.4, 0.5) is 0 Å². The Kier molecular flexibility index (Phi) is 4.30. The van der Waals surface area contributed by atoms with Gasteiger partial charge in [-0.2, -0.15) is 0 Å². The van der Waals surface area contributed by atoms with Gasteiger partial charge in [0, 0.05) is 10.1 Å². The Balaban J connectivity index is 2.45. The molecule has 1 rings (SSSR count). The lowest BCUT2D eigenvalue weighted by atomic mass is 10.4. The Labute approximate surface area is 82.1 Å². The lowest BCUT2D eigenvalue weighted by molar-refractivity contribution is 0.563. The van der Waals surface area contributed by atoms with Gasteiger partial charge < -0.3 is 0 Å². The molecule has 0 N–H and O–H groups in total. The number of hydrogen-bond donors (Lipinski definition) is 0. The van der Waals surface area contributed by atoms with Gasteiger partial charge in [-0.15, -0.1) is 11.8 Å². The number of benzene rings is 1. The molecule has 0 radical (unpaired) electrons. The highest BCUT2D eigenvalue weighted by atomic mass is 32.2. The van der Waals surface area contributed by atoms with Crippen LogP contribution in [-0.4, -0.2) is 17.9 Å². The highest BCUT2D eigenvalue weighted by Crippen LogP contribution is 2.22. The molecule has 0 aliphatic heterocycles. The molecule has 0 heterocycles. The van der Waals surface area contributed by atoms with E-state index in [4.69, 9.17) is 0 Å². The molecule has 0 fully saturated rings. The minimum atomic E-state index is 0.323. The van der Waals surface area contributed by atoms with Gasteiger partial charge in [-0.05, 0) is 12.1 Å². The first-order valence-electron chi connectivity index (χ1n) is 4.08. The number of aliphatic imine (C=N–C) groups is 1. The SMILES string of the molecule is CC(CN=C=O)Sc1ccccc1. The van der Waals surface area contributed by atoms with Gasteiger partial charge in [0.2, 0.25) is 6.08 Å². The summed E-state index contributed by atoms with van der Waals surface area (Å²) in [5.74, 6) is 0. The second-order valence-corrected chi connectivity index (χ2v) is 4.19. The van der Waals surface area contributed by atoms with Crippen molar-refractivity contribution in [1.29, 1.82) is 0 Å². The molecule has 0 spiro atoms. The number of rotatable bonds is 4. The van der Waals surface area contributed by atoms with Crippen molar-refractivity contribution in [3.8, 4) is 0 Å². The Bertz CT molecular complexity index is 293. The Morgan fingerprint density at radius 1 is 1.46 bits per heavy atom. The van der Waals surface area contributed by atoms with Gasteiger partial charge in [0.1, 0.15) is 0 Å². The minimum Gasteiger partial charge on any atom is -0.211 e. The molecule has 0 aliphatic carbocycles. The van der Waals surface area contributed by atoms with Gasteiger partial charge in [-0.3, -0.25) is 0 Å². The lowest BCUT2D eigenvalue weighted by Gasteiger charge is -2.06. The third-order valence-electron chi connectivity index (χ3n) is 1.49. The third kappa shape index (κ3) is 3.92. The third-order valence-corrected chi connectivity index (χ3v) is 2.59. The van der Waals surface area contributed by atoms with Crippen LogP contribution >= 0.6 is 11.8 Å². The molecular weight excluding hydrogens is 182 g/mol. The lowest BCUT2D eigenvalue weighted by Crippen LogP contribution is -1.99. The molecule has 0 aromatic heterocycles. The molecule has 68 valence electrons. The van der Waals surface area contributed by atoms with Crippen LogP contribution in [0.15, 0.2) is 40.2 Å². The summed E-state index contributed by atoms with van der Waals surface area (Å²) in [6.07, 6.45) is 1.55. The van der Waals surface area contributed by atoms with Crippen LogP contribution in [0.25, 0.3) is 0 Å². The van der Waals surface area contributed by atoms with Gasteiger partial charge in [0.25, 0.3) is 0 Å². The van der Waals surface area contributed by atoms with Gasteiger partial charge >= 0.3 is 0 Å². The smallest absolute Gasteiger partial charge is 0.211 e. The highest BCUT2D eigenvalue weighted by Gasteiger charge is 2.01. The predicted molar refractivity (Wildman–Crippen MR) is 54.7 cm³/mol. The first kappa shape index (κ1) is 10.0. The van der Waals surface area contributed by atoms with Crippen LogP contribution in [0.3, 0.4) is 0 Å². The molecule has 2 nitrogen and oxygen atoms in total. The van der Waals surface area contributed by atoms with E-state index in [9.17, 15) is 4.79 Å². The largest absolute Gasteiger partial charge is 0.234 e. The van der Waals surface area contributed by atoms with E-state index in [-0.39, 0.29) is 0 Å². The van der Waals surface area contributed by atoms with Crippen molar-refractivity contribution >= 4 is 17.8 Å². The summed E-state index contributed by atoms with van der Waals surface area (Å²) >= 11 is 1.71. The Morgan fingerprint density at radius 2 is 2.15 bits per heavy atom. The molecule has 0 saturated heterocycles. The minimum absolute atomic E-state index is 0.323. The molecule has 1 atom stereocenters. The average molecular weight is 193 g/mol. The van der Waals surface area contributed by atoms with Gasteiger partial charge in [0.05, 0.1) is 6.54 Å². The maximum Gasteiger partial charge on any atom is 0.234 e. The molecular formula is C10H11NOS. The topological polar surface area (TPSA) is 29.4 Å². The summed E-state index contributed by atoms with van der Waals surface area (Å²) in [6, 6.07) is 10.1. The molecule has 1 aromatic carbocycles. The second kappa shape index (κ2) is 5.57. The standard InChI is InChI=1S/C10H11NOS/c1-9(7-11-8-12)13-10-5-3-2-4-6-10/h2-6,9H,7H2,1H3. The van der Waals surface area contributed by atoms with Gasteiger partial charge in [0.15, 0.2) is 0 Å². The molecule has 0 aliphatic rings. The zero-order chi connectivity index (χ0) is 9.52. The van der Waals surface area contributed by atoms with Crippen LogP contribution in [0.1, 0.15) is 6.92 Å². The monoisotopic (exact) mass is 193 g/mol. The Hall–Kier alpha value is -1.05. The van der Waals surface area contributed by atoms with Crippen molar-refractivity contribution in [3.05, 3.63) is 30.3 Å². The fourth-order valence-corrected chi connectivity index (χ4v) is 1.86. The first-order valence-corrected chi connectivity index (χ1v) is 4.96. The van der Waals surface area contributed by atoms with Crippen molar-refractivity contribution in [2.24, 2.45) is 4.99 Å². The van der Waals surface area contributed by atoms with Crippen molar-refractivity contribution < 1.29 is 4.79 Å². The van der Waals surface area contributed by atoms with E-state index in [0.29, 0.717) is 11.8 Å². The first-order chi connectivity index (χ1) is 6.33. The summed E-state index contributed by atoms with van der Waals surface area (Å²) in [6.45, 7) is 2.57. The van der Waals surface area contributed by atoms with Gasteiger partial charge in [-0.25, -0.2) is 9.79 Å². The molecule has 3 heteroatoms. The van der Waals surface area contributed by atoms with Crippen molar-refractivity contribution in [2.75, 3.05) is 6.54 Å². The number of thioether (sulfide) groups is 1. The average Bonchev–Trinajstić information content (AvgIpc) is 2.16. The van der Waals surface area contributed by atoms with Crippen molar-refractivity contribution in [3.63, 3.8) is 0 Å². The van der Waals surface area contributed by atoms with Crippen LogP contribution in [0.2, 0.25) is 0 Å². The van der Waals surface area contributed by atoms with Crippen molar-refractivity contribution in [1.82, 2.24) is 0 Å². The number of isocyanates is 1. The Morgan fingerprint density at radius 3 is 2.77 bits per heavy atom. The molecule has 0 bridgehead atoms. The quantitative estimate of drug-likeness (QED) is 0.417. The summed E-state index contributed by atoms with van der Waals surface area (Å²) in [7, 11) is 0. The predicted octanol–water partition coefficient (Wildman–Crippen LogP) is 2.50. The number of nitrogens with zero attached hydrogens (tertiary/aromatic N) is 1. The maximum atomic E-state index is 9.86. The van der Waals surface area contributed by atoms with Crippen molar-refractivity contribution in [2.45, 2.75) is 17.1 Å². The van der Waals surface area contributed by atoms with E-state index in [1.165, 1.54) is 4.90 Å². The zero-order valence-electron chi connectivity index (χ0n) is 7.43. The molecule has 0 saturated carbocycles. The summed E-state index contributed by atoms with van der Waals surface area (Å²) < 4.78 is 0. The van der Waals surface area contributed by atoms with E-state index in [1.807, 2.05) is 37.3 Å². The molecule has 0 amide bonds. The van der Waals surface area contributed by atoms with E-state index in [2.05, 4.69) is 4.99 Å². The molecule has 1 aromatic rings. The van der Waals surface area contributed by atoms with Gasteiger partial charge in [-0.1, -0.05) is 25.1 Å². The second-order valence-electron chi connectivity index (χ2n) is 2.67. The van der Waals surface area contributed by atoms with E-state index in [1.54, 1.807) is 17.8 Å². The highest BCUT2D eigenvalue weighted by molar-refractivity contribution is 8.00. The van der Waals surface area contributed by atoms with E-state index < -0.39 is 0 Å². The van der Waals surface area contributed by atoms with E-state index in [0.717, 1.165) is 0 Å². The van der Waals surface area contributed by atoms with Crippen LogP contribution in [0, 0.1) is 0 Å². The maximum absolute atomic E-state index is 9.86. The normalized spacial score (nSPS) is 11.8. The zero-order valence-corrected chi connectivity index (χ0v) is 8.25. The van der Waals surface area contributed by atoms with Crippen LogP contribution < -0.4 is 0 Å². The van der Waals surface area contributed by atoms with Crippen LogP contribution in [-0.2, 0) is 4.79 Å². The number of hydrogen-bond acceptors (Lipinski definition) is 3. The summed E-state index contributed by atoms with van der Waals surface area (Å²) in [5, 5.41) is 0.323. The summed E-state index contributed by atoms with van der Waals surface area (Å²) in [5.41, 5.74) is 0.